The summed E-state index contributed by atoms with van der Waals surface area (Å²) in [5.74, 6) is 5.63. The Morgan fingerprint density at radius 1 is 0.225 bits per heavy atom. The molecule has 14 saturated carbocycles. The third-order valence-electron chi connectivity index (χ3n) is 36.0. The van der Waals surface area contributed by atoms with Gasteiger partial charge in [-0.05, 0) is 259 Å². The number of fused-ring (bicyclic) bond motifs is 35. The molecule has 35 atom stereocenters. The number of carboxylic acid groups (broad SMARTS) is 1. The Labute approximate surface area is 791 Å². The molecule has 0 amide bonds. The van der Waals surface area contributed by atoms with Crippen molar-refractivity contribution in [2.24, 2.45) is 131 Å². The van der Waals surface area contributed by atoms with Gasteiger partial charge in [-0.25, -0.2) is 84.3 Å². The highest BCUT2D eigenvalue weighted by Crippen LogP contribution is 2.64. The van der Waals surface area contributed by atoms with E-state index < -0.39 is 100.0 Å². The van der Waals surface area contributed by atoms with Crippen molar-refractivity contribution >= 4 is 47.8 Å². The van der Waals surface area contributed by atoms with E-state index >= 15 is 0 Å². The lowest BCUT2D eigenvalue weighted by Crippen LogP contribution is -2.54. The summed E-state index contributed by atoms with van der Waals surface area (Å²) in [6.45, 7) is 1.49. The summed E-state index contributed by atoms with van der Waals surface area (Å²) in [4.78, 5) is 217. The van der Waals surface area contributed by atoms with Crippen LogP contribution in [0.25, 0.3) is 0 Å². The fourth-order valence-corrected chi connectivity index (χ4v) is 28.9. The molecule has 0 radical (unpaired) electrons. The predicted octanol–water partition coefficient (Wildman–Crippen LogP) is 1.75. The van der Waals surface area contributed by atoms with Gasteiger partial charge in [0.2, 0.25) is 0 Å². The number of aromatic nitrogens is 9. The minimum atomic E-state index is -1.20. The number of aliphatic carboxylic acids is 1. The Bertz CT molecular complexity index is 5430. The fourth-order valence-electron chi connectivity index (χ4n) is 28.9. The first kappa shape index (κ1) is 93.7. The number of ether oxygens (including phenoxy) is 14. The van der Waals surface area contributed by atoms with Crippen molar-refractivity contribution in [3.63, 3.8) is 0 Å². The number of nitrogens with zero attached hydrogens (tertiary/aromatic N) is 9. The molecular weight excluding hydrogens is 1800 g/mol. The zero-order chi connectivity index (χ0) is 95.2. The van der Waals surface area contributed by atoms with Crippen LogP contribution in [0.3, 0.4) is 0 Å². The molecule has 21 aliphatic rings. The van der Waals surface area contributed by atoms with Crippen molar-refractivity contribution in [3.05, 3.63) is 94.4 Å². The first-order valence-corrected chi connectivity index (χ1v) is 51.4. The maximum Gasteiger partial charge on any atom is 0.336 e. The van der Waals surface area contributed by atoms with Crippen LogP contribution < -0.4 is 51.2 Å². The molecule has 21 fully saturated rings. The van der Waals surface area contributed by atoms with Gasteiger partial charge in [-0.2, -0.15) is 0 Å². The second kappa shape index (κ2) is 38.2. The van der Waals surface area contributed by atoms with Gasteiger partial charge in [0.15, 0.2) is 0 Å². The van der Waals surface area contributed by atoms with Crippen LogP contribution >= 0.6 is 0 Å². The number of rotatable bonds is 45. The van der Waals surface area contributed by atoms with E-state index in [0.29, 0.717) is 256 Å². The molecule has 7 saturated heterocycles. The summed E-state index contributed by atoms with van der Waals surface area (Å²) in [5.41, 5.74) is -7.31. The van der Waals surface area contributed by atoms with Gasteiger partial charge in [-0.15, -0.1) is 0 Å². The van der Waals surface area contributed by atoms with Crippen LogP contribution in [-0.2, 0) is 164 Å². The first-order valence-electron chi connectivity index (χ1n) is 51.4. The Hall–Kier alpha value is -9.29. The lowest BCUT2D eigenvalue weighted by molar-refractivity contribution is -0.146. The maximum absolute atomic E-state index is 13.6. The predicted molar refractivity (Wildman–Crippen MR) is 471 cm³/mol. The quantitative estimate of drug-likeness (QED) is 0.0478. The summed E-state index contributed by atoms with van der Waals surface area (Å²) in [6, 6.07) is 0. The van der Waals surface area contributed by atoms with Gasteiger partial charge in [0.1, 0.15) is 0 Å². The summed E-state index contributed by atoms with van der Waals surface area (Å²) in [5, 5.41) is 9.11. The number of esters is 7. The Morgan fingerprint density at radius 2 is 0.377 bits per heavy atom. The highest BCUT2D eigenvalue weighted by molar-refractivity contribution is 5.72. The average molecular weight is 1930 g/mol. The Balaban J connectivity index is 0.000000121. The molecule has 14 bridgehead atoms. The van der Waals surface area contributed by atoms with Gasteiger partial charge < -0.3 is 71.4 Å². The van der Waals surface area contributed by atoms with Gasteiger partial charge in [-0.1, -0.05) is 0 Å². The van der Waals surface area contributed by atoms with Crippen LogP contribution in [-0.4, -0.2) is 226 Å². The molecule has 24 rings (SSSR count). The van der Waals surface area contributed by atoms with Crippen molar-refractivity contribution in [1.29, 1.82) is 0 Å². The van der Waals surface area contributed by atoms with Crippen molar-refractivity contribution in [3.8, 4) is 0 Å². The molecule has 35 unspecified atom stereocenters. The Kier molecular flexibility index (Phi) is 25.9. The Morgan fingerprint density at radius 3 is 0.522 bits per heavy atom. The number of hydrogen-bond acceptors (Lipinski definition) is 31. The SMILES string of the molecule is Cn1c(=O)n(CCCC(=O)OCC2CC3CC2C2OC32)c(=O)n(CCCC(=O)OCC2CC3CC2C2OC32)c1=O.O=C(CCCn1c(=O)n(CCCC(=O)OCC2CC3CC2C2OC32)c(=O)n(CCCC(=O)OCC2CC3CC2C2OC32)c1=O)OCC1CC2CC1C1OC21.O=C(O)CCn1c(=O)n(CCCC(=O)OCC2CC3CC2C2OC32)c(=O)n(CCCC(=O)OCC2CC3CC2C2OC32)c1=O. The molecular formula is C97H127N9O32. The highest BCUT2D eigenvalue weighted by atomic mass is 16.6. The van der Waals surface area contributed by atoms with Crippen molar-refractivity contribution < 1.29 is 110 Å². The van der Waals surface area contributed by atoms with Crippen molar-refractivity contribution in [2.75, 3.05) is 46.2 Å². The standard InChI is InChI=1S/C39H51N3O12.C30H39N3O11.C28H37N3O9/c43-28(49-16-22-10-19-13-25(22)34-31(19)52-34)4-1-7-40-37(46)41(8-2-5-29(44)50-17-23-11-20-14-26(23)35-32(20)53-35)39(48)42(38(40)47)9-3-6-30(45)51-18-24-12-21-15-27(24)36-33(21)54-36;34-21(35)5-8-33-29(39)31(6-1-3-22(36)41-13-17-9-15-11-19(17)26-24(15)43-26)28(38)32(30(33)40)7-2-4-23(37)42-14-18-10-16-12-20(18)27-25(16)44-27;1-29-26(34)30(6-2-4-20(32)37-12-16-8-14-10-18(16)24-22(14)39-24)28(36)31(27(29)35)7-3-5-21(33)38-13-17-9-15-11-19(17)25-23(15)40-25/h19-27,31-36H,1-18H2;15-20,24-27H,1-14H2,(H,34,35);14-19,22-25H,2-13H2,1H3. The molecule has 3 aromatic rings. The average Bonchev–Trinajstić information content (AvgIpc) is 1.58. The number of carbonyl (C=O) groups excluding carboxylic acids is 7. The van der Waals surface area contributed by atoms with E-state index in [1.165, 1.54) is 19.9 Å². The molecule has 0 aromatic carbocycles. The van der Waals surface area contributed by atoms with Gasteiger partial charge in [0, 0.05) is 104 Å². The lowest BCUT2D eigenvalue weighted by Gasteiger charge is -2.19. The number of carbonyl (C=O) groups is 8. The number of hydrogen-bond donors (Lipinski definition) is 1. The van der Waals surface area contributed by atoms with E-state index in [1.54, 1.807) is 0 Å². The molecule has 0 spiro atoms. The minimum absolute atomic E-state index is 0.0102. The van der Waals surface area contributed by atoms with E-state index in [1.807, 2.05) is 0 Å². The largest absolute Gasteiger partial charge is 0.481 e. The van der Waals surface area contributed by atoms with E-state index in [0.717, 1.165) is 118 Å². The molecule has 752 valence electrons. The topological polar surface area (TPSA) is 507 Å². The molecule has 41 nitrogen and oxygen atoms in total. The van der Waals surface area contributed by atoms with E-state index in [2.05, 4.69) is 0 Å². The van der Waals surface area contributed by atoms with Crippen LogP contribution in [0.5, 0.6) is 0 Å². The van der Waals surface area contributed by atoms with Crippen LogP contribution in [0.2, 0.25) is 0 Å². The maximum atomic E-state index is 13.6. The van der Waals surface area contributed by atoms with Crippen molar-refractivity contribution in [1.82, 2.24) is 41.1 Å². The molecule has 41 heteroatoms. The zero-order valence-electron chi connectivity index (χ0n) is 77.9. The minimum Gasteiger partial charge on any atom is -0.481 e. The van der Waals surface area contributed by atoms with E-state index in [9.17, 15) is 81.5 Å². The second-order valence-electron chi connectivity index (χ2n) is 44.0. The monoisotopic (exact) mass is 1930 g/mol. The number of carboxylic acids is 1. The molecule has 7 aliphatic heterocycles. The fraction of sp³-hybridized carbons (Fsp3) is 0.825. The van der Waals surface area contributed by atoms with Gasteiger partial charge in [0.05, 0.1) is 138 Å². The van der Waals surface area contributed by atoms with Crippen LogP contribution in [0.4, 0.5) is 0 Å². The third kappa shape index (κ3) is 18.8. The summed E-state index contributed by atoms with van der Waals surface area (Å²) in [6.07, 6.45) is 21.3. The summed E-state index contributed by atoms with van der Waals surface area (Å²) in [7, 11) is 1.31. The van der Waals surface area contributed by atoms with Crippen LogP contribution in [0.1, 0.15) is 186 Å². The van der Waals surface area contributed by atoms with Gasteiger partial charge >= 0.3 is 99.0 Å². The van der Waals surface area contributed by atoms with Crippen molar-refractivity contribution in [2.45, 2.75) is 324 Å². The summed E-state index contributed by atoms with van der Waals surface area (Å²) >= 11 is 0. The van der Waals surface area contributed by atoms with Crippen LogP contribution in [0.15, 0.2) is 43.2 Å². The van der Waals surface area contributed by atoms with Crippen LogP contribution in [0, 0.1) is 124 Å². The first-order chi connectivity index (χ1) is 66.7. The van der Waals surface area contributed by atoms with Gasteiger partial charge in [0.25, 0.3) is 0 Å². The molecule has 10 heterocycles. The van der Waals surface area contributed by atoms with E-state index in [4.69, 9.17) is 71.4 Å². The summed E-state index contributed by atoms with van der Waals surface area (Å²) < 4.78 is 86.7. The van der Waals surface area contributed by atoms with Gasteiger partial charge in [-0.3, -0.25) is 38.4 Å². The molecule has 138 heavy (non-hydrogen) atoms. The highest BCUT2D eigenvalue weighted by Gasteiger charge is 2.69. The smallest absolute Gasteiger partial charge is 0.336 e. The second-order valence-corrected chi connectivity index (χ2v) is 44.0. The lowest BCUT2D eigenvalue weighted by atomic mass is 9.89. The normalized spacial score (nSPS) is 37.7. The zero-order valence-corrected chi connectivity index (χ0v) is 77.9. The third-order valence-corrected chi connectivity index (χ3v) is 36.0. The van der Waals surface area contributed by atoms with E-state index in [-0.39, 0.29) is 148 Å². The number of epoxide rings is 7. The molecule has 14 aliphatic carbocycles. The molecule has 1 N–H and O–H groups in total. The molecule has 3 aromatic heterocycles.